The molecule has 1 heterocycles. The van der Waals surface area contributed by atoms with Gasteiger partial charge in [-0.05, 0) is 42.9 Å². The SMILES string of the molecule is C[C@@H](CCCc1ccccc1)[C@H](O)C=CC1CC(F)(F)C(=O)N1CCSCCCC(=O)O. The first kappa shape index (κ1) is 26.3. The number of aliphatic hydroxyl groups is 1. The van der Waals surface area contributed by atoms with E-state index >= 15 is 0 Å². The highest BCUT2D eigenvalue weighted by atomic mass is 32.2. The number of rotatable bonds is 14. The Morgan fingerprint density at radius 3 is 2.69 bits per heavy atom. The number of alkyl halides is 2. The van der Waals surface area contributed by atoms with E-state index in [1.165, 1.54) is 28.3 Å². The van der Waals surface area contributed by atoms with E-state index in [2.05, 4.69) is 12.1 Å². The molecule has 1 amide bonds. The Labute approximate surface area is 192 Å². The number of thioether (sulfide) groups is 1. The quantitative estimate of drug-likeness (QED) is 0.312. The number of hydrogen-bond acceptors (Lipinski definition) is 4. The van der Waals surface area contributed by atoms with Gasteiger partial charge in [0.05, 0.1) is 12.1 Å². The molecule has 2 rings (SSSR count). The number of carbonyl (C=O) groups excluding carboxylic acids is 1. The molecule has 1 aliphatic heterocycles. The van der Waals surface area contributed by atoms with Crippen LogP contribution in [0.25, 0.3) is 0 Å². The van der Waals surface area contributed by atoms with Crippen LogP contribution in [-0.2, 0) is 16.0 Å². The number of likely N-dealkylation sites (tertiary alicyclic amines) is 1. The summed E-state index contributed by atoms with van der Waals surface area (Å²) in [4.78, 5) is 23.8. The van der Waals surface area contributed by atoms with E-state index in [-0.39, 0.29) is 18.9 Å². The Bertz CT molecular complexity index is 760. The van der Waals surface area contributed by atoms with Gasteiger partial charge in [0.2, 0.25) is 0 Å². The molecular formula is C24H33F2NO4S. The van der Waals surface area contributed by atoms with Crippen LogP contribution < -0.4 is 0 Å². The van der Waals surface area contributed by atoms with Crippen LogP contribution in [0.2, 0.25) is 0 Å². The molecule has 0 radical (unpaired) electrons. The van der Waals surface area contributed by atoms with E-state index in [4.69, 9.17) is 5.11 Å². The van der Waals surface area contributed by atoms with E-state index < -0.39 is 36.4 Å². The molecule has 1 aromatic rings. The molecule has 5 nitrogen and oxygen atoms in total. The van der Waals surface area contributed by atoms with Gasteiger partial charge in [0.1, 0.15) is 0 Å². The normalized spacial score (nSPS) is 20.1. The van der Waals surface area contributed by atoms with E-state index in [1.54, 1.807) is 6.08 Å². The molecule has 1 fully saturated rings. The molecule has 0 aromatic heterocycles. The smallest absolute Gasteiger partial charge is 0.327 e. The Hall–Kier alpha value is -1.93. The number of aliphatic carboxylic acids is 1. The zero-order valence-electron chi connectivity index (χ0n) is 18.5. The summed E-state index contributed by atoms with van der Waals surface area (Å²) in [5.41, 5.74) is 1.24. The molecule has 0 aliphatic carbocycles. The zero-order chi connectivity index (χ0) is 23.6. The number of aryl methyl sites for hydroxylation is 1. The Morgan fingerprint density at radius 2 is 2.00 bits per heavy atom. The number of carboxylic acid groups (broad SMARTS) is 1. The molecule has 178 valence electrons. The standard InChI is InChI=1S/C24H33F2NO4S/c1-18(7-5-10-19-8-3-2-4-9-19)21(28)13-12-20-17-24(25,26)23(31)27(20)14-16-32-15-6-11-22(29)30/h2-4,8-9,12-13,18,20-21,28H,5-7,10-11,14-17H2,1H3,(H,29,30)/t18-,20?,21+/m0/s1. The number of carboxylic acids is 1. The molecule has 0 saturated carbocycles. The third-order valence-electron chi connectivity index (χ3n) is 5.68. The Kier molecular flexibility index (Phi) is 10.6. The average Bonchev–Trinajstić information content (AvgIpc) is 2.97. The van der Waals surface area contributed by atoms with Crippen molar-refractivity contribution < 1.29 is 28.6 Å². The lowest BCUT2D eigenvalue weighted by Gasteiger charge is -2.22. The summed E-state index contributed by atoms with van der Waals surface area (Å²) in [5.74, 6) is -4.39. The first-order valence-corrected chi connectivity index (χ1v) is 12.2. The van der Waals surface area contributed by atoms with Crippen molar-refractivity contribution in [3.05, 3.63) is 48.0 Å². The van der Waals surface area contributed by atoms with Crippen LogP contribution in [0.4, 0.5) is 8.78 Å². The van der Waals surface area contributed by atoms with Gasteiger partial charge >= 0.3 is 11.9 Å². The lowest BCUT2D eigenvalue weighted by molar-refractivity contribution is -0.147. The van der Waals surface area contributed by atoms with Crippen molar-refractivity contribution in [3.63, 3.8) is 0 Å². The second-order valence-corrected chi connectivity index (χ2v) is 9.54. The van der Waals surface area contributed by atoms with Crippen molar-refractivity contribution in [2.75, 3.05) is 18.1 Å². The molecule has 8 heteroatoms. The molecule has 2 N–H and O–H groups in total. The zero-order valence-corrected chi connectivity index (χ0v) is 19.3. The number of halogens is 2. The van der Waals surface area contributed by atoms with Crippen LogP contribution in [0.15, 0.2) is 42.5 Å². The van der Waals surface area contributed by atoms with Crippen LogP contribution in [0.3, 0.4) is 0 Å². The van der Waals surface area contributed by atoms with E-state index in [1.807, 2.05) is 25.1 Å². The second kappa shape index (κ2) is 12.9. The summed E-state index contributed by atoms with van der Waals surface area (Å²) < 4.78 is 28.0. The lowest BCUT2D eigenvalue weighted by Crippen LogP contribution is -2.37. The summed E-state index contributed by atoms with van der Waals surface area (Å²) in [7, 11) is 0. The first-order chi connectivity index (χ1) is 15.2. The minimum absolute atomic E-state index is 0.0224. The fraction of sp³-hybridized carbons (Fsp3) is 0.583. The Balaban J connectivity index is 1.81. The van der Waals surface area contributed by atoms with Gasteiger partial charge in [-0.15, -0.1) is 0 Å². The van der Waals surface area contributed by atoms with Gasteiger partial charge in [0, 0.05) is 25.1 Å². The minimum atomic E-state index is -3.39. The van der Waals surface area contributed by atoms with Crippen LogP contribution in [0, 0.1) is 5.92 Å². The number of benzene rings is 1. The second-order valence-electron chi connectivity index (χ2n) is 8.31. The van der Waals surface area contributed by atoms with E-state index in [0.29, 0.717) is 17.9 Å². The number of amides is 1. The minimum Gasteiger partial charge on any atom is -0.481 e. The molecule has 1 saturated heterocycles. The van der Waals surface area contributed by atoms with Crippen molar-refractivity contribution >= 4 is 23.6 Å². The Morgan fingerprint density at radius 1 is 1.28 bits per heavy atom. The summed E-state index contributed by atoms with van der Waals surface area (Å²) >= 11 is 1.45. The average molecular weight is 470 g/mol. The van der Waals surface area contributed by atoms with Crippen molar-refractivity contribution in [1.82, 2.24) is 4.90 Å². The van der Waals surface area contributed by atoms with Crippen molar-refractivity contribution in [3.8, 4) is 0 Å². The number of aliphatic hydroxyl groups excluding tert-OH is 1. The molecule has 1 aliphatic rings. The van der Waals surface area contributed by atoms with Crippen LogP contribution in [0.5, 0.6) is 0 Å². The third kappa shape index (κ3) is 8.54. The van der Waals surface area contributed by atoms with Crippen molar-refractivity contribution in [1.29, 1.82) is 0 Å². The maximum atomic E-state index is 14.0. The van der Waals surface area contributed by atoms with E-state index in [9.17, 15) is 23.5 Å². The largest absolute Gasteiger partial charge is 0.481 e. The maximum Gasteiger partial charge on any atom is 0.327 e. The van der Waals surface area contributed by atoms with Gasteiger partial charge in [0.15, 0.2) is 0 Å². The van der Waals surface area contributed by atoms with Crippen LogP contribution in [0.1, 0.15) is 44.6 Å². The maximum absolute atomic E-state index is 14.0. The third-order valence-corrected chi connectivity index (χ3v) is 6.73. The van der Waals surface area contributed by atoms with Crippen molar-refractivity contribution in [2.24, 2.45) is 5.92 Å². The molecule has 0 spiro atoms. The van der Waals surface area contributed by atoms with Gasteiger partial charge < -0.3 is 15.1 Å². The number of carbonyl (C=O) groups is 2. The van der Waals surface area contributed by atoms with Crippen molar-refractivity contribution in [2.45, 2.75) is 63.5 Å². The molecule has 1 aromatic carbocycles. The van der Waals surface area contributed by atoms with Crippen LogP contribution >= 0.6 is 11.8 Å². The lowest BCUT2D eigenvalue weighted by atomic mass is 9.95. The molecule has 1 unspecified atom stereocenters. The van der Waals surface area contributed by atoms with Gasteiger partial charge in [-0.2, -0.15) is 20.5 Å². The predicted octanol–water partition coefficient (Wildman–Crippen LogP) is 4.40. The van der Waals surface area contributed by atoms with Gasteiger partial charge in [-0.25, -0.2) is 0 Å². The van der Waals surface area contributed by atoms with Crippen LogP contribution in [-0.4, -0.2) is 63.1 Å². The highest BCUT2D eigenvalue weighted by molar-refractivity contribution is 7.99. The fourth-order valence-electron chi connectivity index (χ4n) is 3.73. The summed E-state index contributed by atoms with van der Waals surface area (Å²) in [6, 6.07) is 9.35. The topological polar surface area (TPSA) is 77.8 Å². The summed E-state index contributed by atoms with van der Waals surface area (Å²) in [6.45, 7) is 2.10. The molecule has 3 atom stereocenters. The predicted molar refractivity (Wildman–Crippen MR) is 123 cm³/mol. The summed E-state index contributed by atoms with van der Waals surface area (Å²) in [5, 5.41) is 19.1. The number of hydrogen-bond donors (Lipinski definition) is 2. The highest BCUT2D eigenvalue weighted by Crippen LogP contribution is 2.34. The highest BCUT2D eigenvalue weighted by Gasteiger charge is 2.52. The van der Waals surface area contributed by atoms with Gasteiger partial charge in [0.25, 0.3) is 5.91 Å². The fourth-order valence-corrected chi connectivity index (χ4v) is 4.60. The first-order valence-electron chi connectivity index (χ1n) is 11.1. The molecular weight excluding hydrogens is 436 g/mol. The number of nitrogens with zero attached hydrogens (tertiary/aromatic N) is 1. The van der Waals surface area contributed by atoms with E-state index in [0.717, 1.165) is 19.3 Å². The van der Waals surface area contributed by atoms with Gasteiger partial charge in [-0.3, -0.25) is 9.59 Å². The molecule has 0 bridgehead atoms. The monoisotopic (exact) mass is 469 g/mol. The van der Waals surface area contributed by atoms with Gasteiger partial charge in [-0.1, -0.05) is 49.4 Å². The summed E-state index contributed by atoms with van der Waals surface area (Å²) in [6.07, 6.45) is 4.94. The molecule has 32 heavy (non-hydrogen) atoms.